The highest BCUT2D eigenvalue weighted by Crippen LogP contribution is 2.32. The summed E-state index contributed by atoms with van der Waals surface area (Å²) in [6.45, 7) is 3.80. The number of hydrogen-bond acceptors (Lipinski definition) is 6. The van der Waals surface area contributed by atoms with E-state index in [1.807, 2.05) is 5.38 Å². The molecule has 1 aromatic heterocycles. The molecule has 0 radical (unpaired) electrons. The number of amidine groups is 1. The summed E-state index contributed by atoms with van der Waals surface area (Å²) < 4.78 is 33.0. The molecule has 3 rings (SSSR count). The van der Waals surface area contributed by atoms with Crippen molar-refractivity contribution in [3.63, 3.8) is 0 Å². The number of nitrogens with one attached hydrogen (secondary N) is 1. The van der Waals surface area contributed by atoms with E-state index in [0.29, 0.717) is 16.1 Å². The summed E-state index contributed by atoms with van der Waals surface area (Å²) in [4.78, 5) is 12.2. The lowest BCUT2D eigenvalue weighted by Gasteiger charge is -2.08. The fourth-order valence-corrected chi connectivity index (χ4v) is 4.40. The van der Waals surface area contributed by atoms with Crippen LogP contribution >= 0.6 is 11.3 Å². The van der Waals surface area contributed by atoms with Crippen molar-refractivity contribution in [3.8, 4) is 0 Å². The molecule has 0 saturated heterocycles. The third kappa shape index (κ3) is 2.75. The Morgan fingerprint density at radius 2 is 2.09 bits per heavy atom. The van der Waals surface area contributed by atoms with E-state index >= 15 is 0 Å². The second-order valence-electron chi connectivity index (χ2n) is 4.88. The molecule has 1 N–H and O–H groups in total. The number of benzene rings is 1. The zero-order valence-corrected chi connectivity index (χ0v) is 14.1. The third-order valence-corrected chi connectivity index (χ3v) is 5.67. The largest absolute Gasteiger partial charge is 0.462 e. The highest BCUT2D eigenvalue weighted by Gasteiger charge is 2.30. The Labute approximate surface area is 137 Å². The minimum atomic E-state index is -3.70. The topological polar surface area (TPSA) is 84.8 Å². The Hall–Kier alpha value is -2.19. The maximum Gasteiger partial charge on any atom is 0.341 e. The molecule has 0 aliphatic carbocycles. The van der Waals surface area contributed by atoms with Gasteiger partial charge in [-0.15, -0.1) is 15.7 Å². The number of esters is 1. The van der Waals surface area contributed by atoms with Crippen LogP contribution in [0.15, 0.2) is 38.9 Å². The Morgan fingerprint density at radius 1 is 1.35 bits per heavy atom. The molecule has 0 fully saturated rings. The van der Waals surface area contributed by atoms with Crippen LogP contribution in [0.2, 0.25) is 0 Å². The maximum absolute atomic E-state index is 12.1. The van der Waals surface area contributed by atoms with Crippen LogP contribution in [-0.2, 0) is 14.8 Å². The zero-order chi connectivity index (χ0) is 16.6. The molecule has 2 heterocycles. The predicted octanol–water partition coefficient (Wildman–Crippen LogP) is 2.79. The first kappa shape index (κ1) is 15.7. The van der Waals surface area contributed by atoms with E-state index in [-0.39, 0.29) is 17.3 Å². The van der Waals surface area contributed by atoms with Crippen LogP contribution in [0.1, 0.15) is 28.4 Å². The lowest BCUT2D eigenvalue weighted by atomic mass is 10.2. The second kappa shape index (κ2) is 5.78. The average Bonchev–Trinajstić information content (AvgIpc) is 2.99. The average molecular weight is 350 g/mol. The molecular formula is C15H14N2O4S2. The molecule has 1 aromatic carbocycles. The van der Waals surface area contributed by atoms with Crippen LogP contribution in [0, 0.1) is 6.92 Å². The maximum atomic E-state index is 12.1. The van der Waals surface area contributed by atoms with Crippen molar-refractivity contribution in [2.45, 2.75) is 18.7 Å². The number of carbonyl (C=O) groups excluding carboxylic acids is 1. The number of thiophene rings is 1. The van der Waals surface area contributed by atoms with Gasteiger partial charge in [0.25, 0.3) is 10.0 Å². The van der Waals surface area contributed by atoms with Gasteiger partial charge < -0.3 is 10.1 Å². The van der Waals surface area contributed by atoms with Gasteiger partial charge in [0.2, 0.25) is 0 Å². The van der Waals surface area contributed by atoms with Crippen LogP contribution < -0.4 is 5.32 Å². The van der Waals surface area contributed by atoms with Crippen molar-refractivity contribution >= 4 is 38.2 Å². The zero-order valence-electron chi connectivity index (χ0n) is 12.5. The van der Waals surface area contributed by atoms with Gasteiger partial charge in [-0.1, -0.05) is 12.1 Å². The van der Waals surface area contributed by atoms with E-state index in [2.05, 4.69) is 9.71 Å². The van der Waals surface area contributed by atoms with Crippen molar-refractivity contribution in [2.24, 2.45) is 4.40 Å². The molecule has 2 aromatic rings. The normalized spacial score (nSPS) is 15.0. The summed E-state index contributed by atoms with van der Waals surface area (Å²) in [7, 11) is -3.70. The van der Waals surface area contributed by atoms with E-state index in [1.165, 1.54) is 17.4 Å². The number of carbonyl (C=O) groups is 1. The number of hydrogen-bond donors (Lipinski definition) is 1. The molecule has 1 aliphatic rings. The van der Waals surface area contributed by atoms with Crippen LogP contribution in [0.4, 0.5) is 5.00 Å². The van der Waals surface area contributed by atoms with Gasteiger partial charge in [-0.3, -0.25) is 0 Å². The van der Waals surface area contributed by atoms with Gasteiger partial charge in [-0.2, -0.15) is 8.42 Å². The number of ether oxygens (including phenoxy) is 1. The van der Waals surface area contributed by atoms with Crippen molar-refractivity contribution < 1.29 is 17.9 Å². The molecule has 6 nitrogen and oxygen atoms in total. The van der Waals surface area contributed by atoms with E-state index in [1.54, 1.807) is 32.0 Å². The Bertz CT molecular complexity index is 913. The first-order chi connectivity index (χ1) is 10.9. The summed E-state index contributed by atoms with van der Waals surface area (Å²) in [5, 5.41) is 5.30. The van der Waals surface area contributed by atoms with Crippen LogP contribution in [0.3, 0.4) is 0 Å². The molecule has 1 aliphatic heterocycles. The van der Waals surface area contributed by atoms with E-state index in [9.17, 15) is 13.2 Å². The van der Waals surface area contributed by atoms with Gasteiger partial charge in [-0.25, -0.2) is 4.79 Å². The smallest absolute Gasteiger partial charge is 0.341 e. The minimum absolute atomic E-state index is 0.161. The number of anilines is 1. The monoisotopic (exact) mass is 350 g/mol. The van der Waals surface area contributed by atoms with Gasteiger partial charge in [0, 0.05) is 5.56 Å². The van der Waals surface area contributed by atoms with Gasteiger partial charge in [0.05, 0.1) is 12.2 Å². The van der Waals surface area contributed by atoms with Crippen LogP contribution in [0.5, 0.6) is 0 Å². The fraction of sp³-hybridized carbons (Fsp3) is 0.200. The van der Waals surface area contributed by atoms with Crippen molar-refractivity contribution in [1.29, 1.82) is 0 Å². The summed E-state index contributed by atoms with van der Waals surface area (Å²) in [6, 6.07) is 6.57. The van der Waals surface area contributed by atoms with Crippen molar-refractivity contribution in [2.75, 3.05) is 11.9 Å². The van der Waals surface area contributed by atoms with Crippen LogP contribution in [-0.4, -0.2) is 26.8 Å². The van der Waals surface area contributed by atoms with Gasteiger partial charge in [0.1, 0.15) is 9.90 Å². The van der Waals surface area contributed by atoms with E-state index in [0.717, 1.165) is 5.56 Å². The Kier molecular flexibility index (Phi) is 3.95. The number of aryl methyl sites for hydroxylation is 1. The molecule has 0 amide bonds. The standard InChI is InChI=1S/C15H14N2O4S2/c1-3-21-15(18)12-9(2)8-22-14(12)16-13-10-6-4-5-7-11(10)23(19,20)17-13/h4-8H,3H2,1-2H3,(H,16,17). The number of sulfonamides is 1. The fourth-order valence-electron chi connectivity index (χ4n) is 2.30. The molecule has 23 heavy (non-hydrogen) atoms. The summed E-state index contributed by atoms with van der Waals surface area (Å²) in [6.07, 6.45) is 0. The predicted molar refractivity (Wildman–Crippen MR) is 88.8 cm³/mol. The van der Waals surface area contributed by atoms with Crippen molar-refractivity contribution in [1.82, 2.24) is 0 Å². The Balaban J connectivity index is 2.00. The number of fused-ring (bicyclic) bond motifs is 1. The highest BCUT2D eigenvalue weighted by atomic mass is 32.2. The van der Waals surface area contributed by atoms with E-state index in [4.69, 9.17) is 4.74 Å². The summed E-state index contributed by atoms with van der Waals surface area (Å²) >= 11 is 1.30. The molecule has 120 valence electrons. The molecule has 0 atom stereocenters. The first-order valence-electron chi connectivity index (χ1n) is 6.90. The van der Waals surface area contributed by atoms with Gasteiger partial charge in [-0.05, 0) is 36.9 Å². The lowest BCUT2D eigenvalue weighted by Crippen LogP contribution is -2.14. The van der Waals surface area contributed by atoms with Crippen molar-refractivity contribution in [3.05, 3.63) is 46.3 Å². The van der Waals surface area contributed by atoms with Gasteiger partial charge in [0.15, 0.2) is 5.84 Å². The van der Waals surface area contributed by atoms with Gasteiger partial charge >= 0.3 is 5.97 Å². The molecular weight excluding hydrogens is 336 g/mol. The van der Waals surface area contributed by atoms with E-state index < -0.39 is 16.0 Å². The van der Waals surface area contributed by atoms with Crippen LogP contribution in [0.25, 0.3) is 0 Å². The molecule has 0 bridgehead atoms. The molecule has 0 saturated carbocycles. The Morgan fingerprint density at radius 3 is 2.83 bits per heavy atom. The summed E-state index contributed by atoms with van der Waals surface area (Å²) in [5.74, 6) is -0.225. The highest BCUT2D eigenvalue weighted by molar-refractivity contribution is 7.90. The minimum Gasteiger partial charge on any atom is -0.462 e. The third-order valence-electron chi connectivity index (χ3n) is 3.32. The first-order valence-corrected chi connectivity index (χ1v) is 9.22. The number of nitrogens with zero attached hydrogens (tertiary/aromatic N) is 1. The second-order valence-corrected chi connectivity index (χ2v) is 7.33. The summed E-state index contributed by atoms with van der Waals surface area (Å²) in [5.41, 5.74) is 1.67. The molecule has 0 spiro atoms. The quantitative estimate of drug-likeness (QED) is 0.861. The number of rotatable bonds is 3. The molecule has 0 unspecified atom stereocenters. The SMILES string of the molecule is CCOC(=O)c1c(C)csc1NC1=NS(=O)(=O)c2ccccc21. The molecule has 8 heteroatoms. The lowest BCUT2D eigenvalue weighted by molar-refractivity contribution is 0.0527.